The summed E-state index contributed by atoms with van der Waals surface area (Å²) in [5.74, 6) is 1.03. The van der Waals surface area contributed by atoms with Gasteiger partial charge in [-0.05, 0) is 59.5 Å². The maximum atomic E-state index is 13.3. The highest BCUT2D eigenvalue weighted by molar-refractivity contribution is 5.47. The van der Waals surface area contributed by atoms with Gasteiger partial charge in [0.1, 0.15) is 12.4 Å². The number of benzene rings is 3. The molecule has 0 aliphatic carbocycles. The Bertz CT molecular complexity index is 878. The van der Waals surface area contributed by atoms with Crippen molar-refractivity contribution in [1.82, 2.24) is 0 Å². The standard InChI is InChI=1S/C23H24FNO2/c1-3-17-7-10-21(11-8-17)25-15-18-9-12-22(23(14-18)26-2)27-16-19-5-4-6-20(24)13-19/h4-14,25H,3,15-16H2,1-2H3. The van der Waals surface area contributed by atoms with Crippen LogP contribution in [-0.2, 0) is 19.6 Å². The van der Waals surface area contributed by atoms with Crippen molar-refractivity contribution in [2.45, 2.75) is 26.5 Å². The number of nitrogens with one attached hydrogen (secondary N) is 1. The van der Waals surface area contributed by atoms with Gasteiger partial charge in [-0.1, -0.05) is 37.3 Å². The molecule has 0 saturated heterocycles. The molecule has 1 N–H and O–H groups in total. The number of aryl methyl sites for hydroxylation is 1. The average molecular weight is 365 g/mol. The summed E-state index contributed by atoms with van der Waals surface area (Å²) in [6, 6.07) is 20.7. The molecule has 0 spiro atoms. The van der Waals surface area contributed by atoms with Crippen molar-refractivity contribution in [2.75, 3.05) is 12.4 Å². The Morgan fingerprint density at radius 2 is 1.63 bits per heavy atom. The second-order valence-electron chi connectivity index (χ2n) is 6.31. The molecule has 0 atom stereocenters. The molecule has 4 heteroatoms. The summed E-state index contributed by atoms with van der Waals surface area (Å²) < 4.78 is 24.5. The van der Waals surface area contributed by atoms with Gasteiger partial charge < -0.3 is 14.8 Å². The minimum Gasteiger partial charge on any atom is -0.493 e. The normalized spacial score (nSPS) is 10.5. The first kappa shape index (κ1) is 18.8. The van der Waals surface area contributed by atoms with Crippen LogP contribution in [0.5, 0.6) is 11.5 Å². The largest absolute Gasteiger partial charge is 0.493 e. The second-order valence-corrected chi connectivity index (χ2v) is 6.31. The van der Waals surface area contributed by atoms with Crippen molar-refractivity contribution in [1.29, 1.82) is 0 Å². The van der Waals surface area contributed by atoms with Crippen molar-refractivity contribution in [3.8, 4) is 11.5 Å². The first-order valence-corrected chi connectivity index (χ1v) is 9.05. The van der Waals surface area contributed by atoms with Gasteiger partial charge in [0.05, 0.1) is 7.11 Å². The first-order chi connectivity index (χ1) is 13.2. The third kappa shape index (κ3) is 5.23. The van der Waals surface area contributed by atoms with Gasteiger partial charge in [0, 0.05) is 12.2 Å². The second kappa shape index (κ2) is 9.08. The highest BCUT2D eigenvalue weighted by Gasteiger charge is 2.07. The topological polar surface area (TPSA) is 30.5 Å². The highest BCUT2D eigenvalue weighted by Crippen LogP contribution is 2.29. The summed E-state index contributed by atoms with van der Waals surface area (Å²) in [6.45, 7) is 3.12. The zero-order valence-electron chi connectivity index (χ0n) is 15.7. The lowest BCUT2D eigenvalue weighted by Gasteiger charge is -2.13. The van der Waals surface area contributed by atoms with Crippen LogP contribution in [0.4, 0.5) is 10.1 Å². The Kier molecular flexibility index (Phi) is 6.31. The molecule has 0 amide bonds. The Morgan fingerprint density at radius 3 is 2.33 bits per heavy atom. The van der Waals surface area contributed by atoms with Gasteiger partial charge in [0.25, 0.3) is 0 Å². The minimum absolute atomic E-state index is 0.267. The average Bonchev–Trinajstić information content (AvgIpc) is 2.71. The van der Waals surface area contributed by atoms with E-state index in [4.69, 9.17) is 9.47 Å². The van der Waals surface area contributed by atoms with Crippen molar-refractivity contribution < 1.29 is 13.9 Å². The zero-order valence-corrected chi connectivity index (χ0v) is 15.7. The van der Waals surface area contributed by atoms with Crippen molar-refractivity contribution >= 4 is 5.69 Å². The Morgan fingerprint density at radius 1 is 0.852 bits per heavy atom. The minimum atomic E-state index is -0.267. The van der Waals surface area contributed by atoms with Crippen LogP contribution >= 0.6 is 0 Å². The maximum Gasteiger partial charge on any atom is 0.161 e. The van der Waals surface area contributed by atoms with Crippen LogP contribution < -0.4 is 14.8 Å². The van der Waals surface area contributed by atoms with E-state index in [1.165, 1.54) is 17.7 Å². The first-order valence-electron chi connectivity index (χ1n) is 9.05. The SMILES string of the molecule is CCc1ccc(NCc2ccc(OCc3cccc(F)c3)c(OC)c2)cc1. The molecule has 0 aliphatic heterocycles. The lowest BCUT2D eigenvalue weighted by atomic mass is 10.1. The Balaban J connectivity index is 1.62. The molecule has 0 unspecified atom stereocenters. The number of rotatable bonds is 8. The van der Waals surface area contributed by atoms with E-state index in [1.54, 1.807) is 13.2 Å². The van der Waals surface area contributed by atoms with Gasteiger partial charge in [0.2, 0.25) is 0 Å². The molecule has 0 aliphatic rings. The zero-order chi connectivity index (χ0) is 19.1. The monoisotopic (exact) mass is 365 g/mol. The van der Waals surface area contributed by atoms with Crippen molar-refractivity contribution in [3.63, 3.8) is 0 Å². The van der Waals surface area contributed by atoms with Gasteiger partial charge in [0.15, 0.2) is 11.5 Å². The van der Waals surface area contributed by atoms with Crippen LogP contribution in [0.15, 0.2) is 66.7 Å². The number of halogens is 1. The number of hydrogen-bond acceptors (Lipinski definition) is 3. The number of anilines is 1. The summed E-state index contributed by atoms with van der Waals surface area (Å²) in [4.78, 5) is 0. The third-order valence-electron chi connectivity index (χ3n) is 4.37. The van der Waals surface area contributed by atoms with Gasteiger partial charge in [-0.25, -0.2) is 4.39 Å². The van der Waals surface area contributed by atoms with Gasteiger partial charge in [-0.2, -0.15) is 0 Å². The predicted molar refractivity (Wildman–Crippen MR) is 107 cm³/mol. The summed E-state index contributed by atoms with van der Waals surface area (Å²) in [7, 11) is 1.62. The molecule has 3 rings (SSSR count). The quantitative estimate of drug-likeness (QED) is 0.565. The third-order valence-corrected chi connectivity index (χ3v) is 4.37. The van der Waals surface area contributed by atoms with E-state index < -0.39 is 0 Å². The van der Waals surface area contributed by atoms with Crippen LogP contribution in [0.2, 0.25) is 0 Å². The van der Waals surface area contributed by atoms with Gasteiger partial charge in [-0.15, -0.1) is 0 Å². The molecule has 3 aromatic rings. The van der Waals surface area contributed by atoms with E-state index in [-0.39, 0.29) is 12.4 Å². The van der Waals surface area contributed by atoms with E-state index in [9.17, 15) is 4.39 Å². The summed E-state index contributed by atoms with van der Waals surface area (Å²) >= 11 is 0. The fourth-order valence-electron chi connectivity index (χ4n) is 2.79. The summed E-state index contributed by atoms with van der Waals surface area (Å²) in [6.07, 6.45) is 1.04. The molecule has 3 aromatic carbocycles. The lowest BCUT2D eigenvalue weighted by Crippen LogP contribution is -2.02. The summed E-state index contributed by atoms with van der Waals surface area (Å²) in [5, 5.41) is 3.41. The smallest absolute Gasteiger partial charge is 0.161 e. The van der Waals surface area contributed by atoms with Crippen LogP contribution in [0.3, 0.4) is 0 Å². The van der Waals surface area contributed by atoms with Crippen LogP contribution in [0.25, 0.3) is 0 Å². The van der Waals surface area contributed by atoms with E-state index in [0.717, 1.165) is 23.2 Å². The molecule has 0 aromatic heterocycles. The highest BCUT2D eigenvalue weighted by atomic mass is 19.1. The molecule has 27 heavy (non-hydrogen) atoms. The number of methoxy groups -OCH3 is 1. The van der Waals surface area contributed by atoms with Crippen LogP contribution in [-0.4, -0.2) is 7.11 Å². The van der Waals surface area contributed by atoms with Crippen molar-refractivity contribution in [3.05, 3.63) is 89.2 Å². The van der Waals surface area contributed by atoms with E-state index >= 15 is 0 Å². The molecule has 0 radical (unpaired) electrons. The number of hydrogen-bond donors (Lipinski definition) is 1. The fraction of sp³-hybridized carbons (Fsp3) is 0.217. The maximum absolute atomic E-state index is 13.3. The predicted octanol–water partition coefficient (Wildman–Crippen LogP) is 5.59. The van der Waals surface area contributed by atoms with E-state index in [2.05, 4.69) is 36.5 Å². The van der Waals surface area contributed by atoms with Gasteiger partial charge >= 0.3 is 0 Å². The Labute approximate surface area is 159 Å². The summed E-state index contributed by atoms with van der Waals surface area (Å²) in [5.41, 5.74) is 4.27. The van der Waals surface area contributed by atoms with Gasteiger partial charge in [-0.3, -0.25) is 0 Å². The molecule has 0 bridgehead atoms. The molecule has 0 fully saturated rings. The molecule has 0 heterocycles. The van der Waals surface area contributed by atoms with Crippen LogP contribution in [0.1, 0.15) is 23.6 Å². The van der Waals surface area contributed by atoms with E-state index in [1.807, 2.05) is 24.3 Å². The molecular formula is C23H24FNO2. The molecule has 0 saturated carbocycles. The van der Waals surface area contributed by atoms with E-state index in [0.29, 0.717) is 18.0 Å². The Hall–Kier alpha value is -3.01. The van der Waals surface area contributed by atoms with Crippen molar-refractivity contribution in [2.24, 2.45) is 0 Å². The molecule has 3 nitrogen and oxygen atoms in total. The fourth-order valence-corrected chi connectivity index (χ4v) is 2.79. The van der Waals surface area contributed by atoms with Crippen LogP contribution in [0, 0.1) is 5.82 Å². The molecular weight excluding hydrogens is 341 g/mol. The number of ether oxygens (including phenoxy) is 2. The molecule has 140 valence electrons. The lowest BCUT2D eigenvalue weighted by molar-refractivity contribution is 0.284.